The van der Waals surface area contributed by atoms with Crippen molar-refractivity contribution in [2.45, 2.75) is 26.3 Å². The summed E-state index contributed by atoms with van der Waals surface area (Å²) in [7, 11) is 3.64. The fourth-order valence-corrected chi connectivity index (χ4v) is 4.16. The number of piperidine rings is 1. The van der Waals surface area contributed by atoms with Gasteiger partial charge in [0.1, 0.15) is 0 Å². The maximum atomic E-state index is 12.6. The van der Waals surface area contributed by atoms with Crippen LogP contribution in [0.5, 0.6) is 0 Å². The van der Waals surface area contributed by atoms with E-state index in [-0.39, 0.29) is 11.3 Å². The Morgan fingerprint density at radius 1 is 1.11 bits per heavy atom. The van der Waals surface area contributed by atoms with Crippen molar-refractivity contribution < 1.29 is 14.7 Å². The lowest BCUT2D eigenvalue weighted by Gasteiger charge is -2.40. The van der Waals surface area contributed by atoms with E-state index in [2.05, 4.69) is 11.8 Å². The van der Waals surface area contributed by atoms with E-state index >= 15 is 0 Å². The minimum atomic E-state index is -0.919. The molecule has 0 spiro atoms. The maximum absolute atomic E-state index is 12.6. The normalized spacial score (nSPS) is 20.0. The number of nitrogens with zero attached hydrogens (tertiary/aromatic N) is 2. The first-order valence-corrected chi connectivity index (χ1v) is 9.66. The molecule has 1 atom stereocenters. The molecule has 0 aromatic heterocycles. The molecule has 0 saturated carbocycles. The first-order valence-electron chi connectivity index (χ1n) is 9.66. The Morgan fingerprint density at radius 3 is 2.43 bits per heavy atom. The number of amides is 1. The molecule has 1 saturated heterocycles. The summed E-state index contributed by atoms with van der Waals surface area (Å²) in [4.78, 5) is 28.0. The van der Waals surface area contributed by atoms with Gasteiger partial charge in [-0.3, -0.25) is 9.69 Å². The van der Waals surface area contributed by atoms with Gasteiger partial charge in [0.2, 0.25) is 5.91 Å². The van der Waals surface area contributed by atoms with Crippen LogP contribution in [0.4, 0.5) is 0 Å². The van der Waals surface area contributed by atoms with Crippen LogP contribution in [0.3, 0.4) is 0 Å². The van der Waals surface area contributed by atoms with Crippen LogP contribution in [0, 0.1) is 5.41 Å². The summed E-state index contributed by atoms with van der Waals surface area (Å²) < 4.78 is 0. The number of benzene rings is 2. The molecule has 2 aromatic rings. The molecule has 28 heavy (non-hydrogen) atoms. The summed E-state index contributed by atoms with van der Waals surface area (Å²) in [6.45, 7) is 4.60. The van der Waals surface area contributed by atoms with E-state index in [1.54, 1.807) is 17.0 Å². The molecule has 1 fully saturated rings. The lowest BCUT2D eigenvalue weighted by molar-refractivity contribution is -0.141. The van der Waals surface area contributed by atoms with E-state index < -0.39 is 5.97 Å². The highest BCUT2D eigenvalue weighted by Crippen LogP contribution is 2.32. The fourth-order valence-electron chi connectivity index (χ4n) is 4.16. The zero-order valence-electron chi connectivity index (χ0n) is 16.8. The van der Waals surface area contributed by atoms with Gasteiger partial charge in [-0.25, -0.2) is 4.79 Å². The standard InChI is InChI=1S/C23H28N2O3/c1-23(22(28)24(2)3)13-6-14-25(16-23)15-17-9-11-18(12-10-17)19-7-4-5-8-20(19)21(26)27/h4-5,7-12H,6,13-16H2,1-3H3,(H,26,27)/t23-/m1/s1. The summed E-state index contributed by atoms with van der Waals surface area (Å²) in [5, 5.41) is 9.39. The number of rotatable bonds is 5. The van der Waals surface area contributed by atoms with Crippen LogP contribution in [-0.2, 0) is 11.3 Å². The Balaban J connectivity index is 1.73. The Labute approximate surface area is 166 Å². The van der Waals surface area contributed by atoms with Crippen LogP contribution in [0.15, 0.2) is 48.5 Å². The molecule has 148 valence electrons. The molecule has 0 bridgehead atoms. The van der Waals surface area contributed by atoms with Gasteiger partial charge in [0.15, 0.2) is 0 Å². The van der Waals surface area contributed by atoms with Gasteiger partial charge >= 0.3 is 5.97 Å². The van der Waals surface area contributed by atoms with Crippen LogP contribution < -0.4 is 0 Å². The number of carboxylic acid groups (broad SMARTS) is 1. The molecule has 0 unspecified atom stereocenters. The van der Waals surface area contributed by atoms with Crippen molar-refractivity contribution in [2.24, 2.45) is 5.41 Å². The van der Waals surface area contributed by atoms with Crippen molar-refractivity contribution in [3.05, 3.63) is 59.7 Å². The second-order valence-electron chi connectivity index (χ2n) is 8.12. The second-order valence-corrected chi connectivity index (χ2v) is 8.12. The number of hydrogen-bond donors (Lipinski definition) is 1. The first-order chi connectivity index (χ1) is 13.3. The summed E-state index contributed by atoms with van der Waals surface area (Å²) in [5.74, 6) is -0.726. The quantitative estimate of drug-likeness (QED) is 0.858. The van der Waals surface area contributed by atoms with E-state index in [9.17, 15) is 14.7 Å². The van der Waals surface area contributed by atoms with Crippen LogP contribution in [0.1, 0.15) is 35.7 Å². The molecule has 3 rings (SSSR count). The molecule has 0 aliphatic carbocycles. The fraction of sp³-hybridized carbons (Fsp3) is 0.391. The second kappa shape index (κ2) is 8.15. The molecular weight excluding hydrogens is 352 g/mol. The summed E-state index contributed by atoms with van der Waals surface area (Å²) in [6.07, 6.45) is 1.94. The molecule has 5 heteroatoms. The predicted octanol–water partition coefficient (Wildman–Crippen LogP) is 3.74. The molecule has 1 aliphatic heterocycles. The minimum Gasteiger partial charge on any atom is -0.478 e. The molecule has 1 N–H and O–H groups in total. The zero-order valence-corrected chi connectivity index (χ0v) is 16.8. The number of carboxylic acids is 1. The molecule has 0 radical (unpaired) electrons. The van der Waals surface area contributed by atoms with Crippen LogP contribution in [-0.4, -0.2) is 54.0 Å². The smallest absolute Gasteiger partial charge is 0.336 e. The highest BCUT2D eigenvalue weighted by atomic mass is 16.4. The van der Waals surface area contributed by atoms with Gasteiger partial charge in [-0.1, -0.05) is 42.5 Å². The third kappa shape index (κ3) is 4.25. The summed E-state index contributed by atoms with van der Waals surface area (Å²) in [5.41, 5.74) is 2.77. The average Bonchev–Trinajstić information content (AvgIpc) is 2.68. The monoisotopic (exact) mass is 380 g/mol. The van der Waals surface area contributed by atoms with Gasteiger partial charge in [-0.05, 0) is 49.1 Å². The zero-order chi connectivity index (χ0) is 20.3. The maximum Gasteiger partial charge on any atom is 0.336 e. The molecule has 1 aliphatic rings. The molecule has 1 heterocycles. The Bertz CT molecular complexity index is 860. The number of carbonyl (C=O) groups is 2. The topological polar surface area (TPSA) is 60.9 Å². The number of hydrogen-bond acceptors (Lipinski definition) is 3. The minimum absolute atomic E-state index is 0.192. The largest absolute Gasteiger partial charge is 0.478 e. The van der Waals surface area contributed by atoms with Crippen molar-refractivity contribution in [1.82, 2.24) is 9.80 Å². The lowest BCUT2D eigenvalue weighted by Crippen LogP contribution is -2.49. The van der Waals surface area contributed by atoms with E-state index in [1.807, 2.05) is 50.5 Å². The Kier molecular flexibility index (Phi) is 5.84. The molecule has 1 amide bonds. The number of aromatic carboxylic acids is 1. The summed E-state index contributed by atoms with van der Waals surface area (Å²) >= 11 is 0. The van der Waals surface area contributed by atoms with Crippen LogP contribution in [0.2, 0.25) is 0 Å². The van der Waals surface area contributed by atoms with Gasteiger partial charge in [-0.2, -0.15) is 0 Å². The lowest BCUT2D eigenvalue weighted by atomic mass is 9.80. The van der Waals surface area contributed by atoms with Gasteiger partial charge in [-0.15, -0.1) is 0 Å². The molecular formula is C23H28N2O3. The van der Waals surface area contributed by atoms with Gasteiger partial charge < -0.3 is 10.0 Å². The van der Waals surface area contributed by atoms with E-state index in [0.717, 1.165) is 49.2 Å². The third-order valence-corrected chi connectivity index (χ3v) is 5.53. The summed E-state index contributed by atoms with van der Waals surface area (Å²) in [6, 6.07) is 15.1. The van der Waals surface area contributed by atoms with E-state index in [0.29, 0.717) is 5.56 Å². The van der Waals surface area contributed by atoms with Gasteiger partial charge in [0.05, 0.1) is 11.0 Å². The van der Waals surface area contributed by atoms with Crippen molar-refractivity contribution in [1.29, 1.82) is 0 Å². The highest BCUT2D eigenvalue weighted by molar-refractivity contribution is 5.96. The Hall–Kier alpha value is -2.66. The number of likely N-dealkylation sites (tertiary alicyclic amines) is 1. The average molecular weight is 380 g/mol. The van der Waals surface area contributed by atoms with Gasteiger partial charge in [0.25, 0.3) is 0 Å². The van der Waals surface area contributed by atoms with Crippen LogP contribution in [0.25, 0.3) is 11.1 Å². The van der Waals surface area contributed by atoms with Crippen molar-refractivity contribution in [2.75, 3.05) is 27.2 Å². The van der Waals surface area contributed by atoms with Crippen molar-refractivity contribution in [3.8, 4) is 11.1 Å². The first kappa shape index (κ1) is 20.1. The molecule has 5 nitrogen and oxygen atoms in total. The number of carbonyl (C=O) groups excluding carboxylic acids is 1. The van der Waals surface area contributed by atoms with E-state index in [1.165, 1.54) is 0 Å². The highest BCUT2D eigenvalue weighted by Gasteiger charge is 2.38. The van der Waals surface area contributed by atoms with Crippen LogP contribution >= 0.6 is 0 Å². The Morgan fingerprint density at radius 2 is 1.79 bits per heavy atom. The SMILES string of the molecule is CN(C)C(=O)[C@]1(C)CCCN(Cc2ccc(-c3ccccc3C(=O)O)cc2)C1. The molecule has 2 aromatic carbocycles. The van der Waals surface area contributed by atoms with Crippen molar-refractivity contribution >= 4 is 11.9 Å². The predicted molar refractivity (Wildman–Crippen MR) is 110 cm³/mol. The van der Waals surface area contributed by atoms with Crippen molar-refractivity contribution in [3.63, 3.8) is 0 Å². The van der Waals surface area contributed by atoms with Gasteiger partial charge in [0, 0.05) is 27.2 Å². The van der Waals surface area contributed by atoms with E-state index in [4.69, 9.17) is 0 Å². The third-order valence-electron chi connectivity index (χ3n) is 5.53.